The topological polar surface area (TPSA) is 113 Å². The third kappa shape index (κ3) is 2.90. The van der Waals surface area contributed by atoms with E-state index in [-0.39, 0.29) is 11.4 Å². The molecular weight excluding hydrogens is 334 g/mol. The second kappa shape index (κ2) is 6.44. The third-order valence-corrected chi connectivity index (χ3v) is 4.65. The average Bonchev–Trinajstić information content (AvgIpc) is 2.97. The molecule has 0 radical (unpaired) electrons. The number of anilines is 1. The molecule has 2 heterocycles. The van der Waals surface area contributed by atoms with Gasteiger partial charge in [-0.1, -0.05) is 0 Å². The molecule has 0 aliphatic carbocycles. The number of nitrogen functional groups attached to an aromatic ring is 1. The lowest BCUT2D eigenvalue weighted by Crippen LogP contribution is -2.43. The molecule has 0 aliphatic heterocycles. The number of carbonyl (C=O) groups excluding carboxylic acids is 2. The first-order valence-corrected chi connectivity index (χ1v) is 7.89. The fourth-order valence-corrected chi connectivity index (χ4v) is 2.95. The fourth-order valence-electron chi connectivity index (χ4n) is 2.14. The maximum Gasteiger partial charge on any atom is 0.349 e. The van der Waals surface area contributed by atoms with Crippen LogP contribution < -0.4 is 17.0 Å². The molecule has 8 nitrogen and oxygen atoms in total. The predicted molar refractivity (Wildman–Crippen MR) is 89.6 cm³/mol. The molecular formula is C15H17N3O5S. The van der Waals surface area contributed by atoms with Crippen LogP contribution in [0.3, 0.4) is 0 Å². The number of rotatable bonds is 4. The van der Waals surface area contributed by atoms with E-state index in [1.165, 1.54) is 32.4 Å². The highest BCUT2D eigenvalue weighted by molar-refractivity contribution is 7.12. The van der Waals surface area contributed by atoms with Crippen LogP contribution >= 0.6 is 11.3 Å². The van der Waals surface area contributed by atoms with Gasteiger partial charge < -0.3 is 10.5 Å². The van der Waals surface area contributed by atoms with Gasteiger partial charge in [-0.05, 0) is 30.9 Å². The van der Waals surface area contributed by atoms with Crippen LogP contribution in [-0.2, 0) is 18.8 Å². The van der Waals surface area contributed by atoms with Gasteiger partial charge in [-0.2, -0.15) is 0 Å². The number of ketones is 1. The van der Waals surface area contributed by atoms with Crippen LogP contribution in [0.15, 0.2) is 21.0 Å². The Morgan fingerprint density at radius 3 is 2.42 bits per heavy atom. The highest BCUT2D eigenvalue weighted by Crippen LogP contribution is 2.18. The summed E-state index contributed by atoms with van der Waals surface area (Å²) in [6.45, 7) is 3.10. The lowest BCUT2D eigenvalue weighted by atomic mass is 10.1. The third-order valence-electron chi connectivity index (χ3n) is 3.66. The van der Waals surface area contributed by atoms with E-state index in [0.29, 0.717) is 4.88 Å². The number of thiophene rings is 1. The van der Waals surface area contributed by atoms with Gasteiger partial charge in [0.1, 0.15) is 16.3 Å². The van der Waals surface area contributed by atoms with E-state index >= 15 is 0 Å². The molecule has 9 heteroatoms. The van der Waals surface area contributed by atoms with Crippen LogP contribution in [0.2, 0.25) is 0 Å². The lowest BCUT2D eigenvalue weighted by molar-refractivity contribution is 0.0322. The minimum absolute atomic E-state index is 0.261. The highest BCUT2D eigenvalue weighted by Gasteiger charge is 2.28. The highest BCUT2D eigenvalue weighted by atomic mass is 32.1. The number of aromatic nitrogens is 2. The summed E-state index contributed by atoms with van der Waals surface area (Å²) in [6.07, 6.45) is -1.22. The van der Waals surface area contributed by atoms with Gasteiger partial charge in [0, 0.05) is 14.1 Å². The SMILES string of the molecule is Cc1ccsc1C(=O)OC(C)C(=O)c1c(N)n(C)c(=O)n(C)c1=O. The normalized spacial score (nSPS) is 12.0. The monoisotopic (exact) mass is 351 g/mol. The minimum atomic E-state index is -1.22. The van der Waals surface area contributed by atoms with Crippen molar-refractivity contribution in [2.24, 2.45) is 14.1 Å². The Labute approximate surface area is 141 Å². The first-order chi connectivity index (χ1) is 11.2. The van der Waals surface area contributed by atoms with Crippen molar-refractivity contribution in [3.05, 3.63) is 48.3 Å². The number of nitrogens with zero attached hydrogens (tertiary/aromatic N) is 2. The summed E-state index contributed by atoms with van der Waals surface area (Å²) in [6, 6.07) is 1.76. The van der Waals surface area contributed by atoms with Gasteiger partial charge in [0.05, 0.1) is 0 Å². The maximum atomic E-state index is 12.5. The van der Waals surface area contributed by atoms with Crippen LogP contribution in [-0.4, -0.2) is 27.0 Å². The van der Waals surface area contributed by atoms with Crippen molar-refractivity contribution < 1.29 is 14.3 Å². The number of ether oxygens (including phenoxy) is 1. The summed E-state index contributed by atoms with van der Waals surface area (Å²) >= 11 is 1.20. The second-order valence-electron chi connectivity index (χ2n) is 5.31. The van der Waals surface area contributed by atoms with Gasteiger partial charge in [0.15, 0.2) is 6.10 Å². The van der Waals surface area contributed by atoms with E-state index in [1.54, 1.807) is 18.4 Å². The molecule has 2 aromatic rings. The Hall–Kier alpha value is -2.68. The molecule has 0 bridgehead atoms. The van der Waals surface area contributed by atoms with Crippen molar-refractivity contribution in [3.8, 4) is 0 Å². The van der Waals surface area contributed by atoms with Crippen molar-refractivity contribution in [2.45, 2.75) is 20.0 Å². The van der Waals surface area contributed by atoms with E-state index < -0.39 is 29.1 Å². The van der Waals surface area contributed by atoms with Crippen molar-refractivity contribution in [3.63, 3.8) is 0 Å². The first kappa shape index (κ1) is 17.7. The van der Waals surface area contributed by atoms with Gasteiger partial charge in [0.2, 0.25) is 5.78 Å². The zero-order valence-electron chi connectivity index (χ0n) is 13.7. The average molecular weight is 351 g/mol. The molecule has 0 aromatic carbocycles. The number of aryl methyl sites for hydroxylation is 1. The molecule has 0 saturated carbocycles. The Kier molecular flexibility index (Phi) is 4.74. The standard InChI is InChI=1S/C15H17N3O5S/c1-7-5-6-24-11(7)14(21)23-8(2)10(19)9-12(16)17(3)15(22)18(4)13(9)20/h5-6,8H,16H2,1-4H3. The largest absolute Gasteiger partial charge is 0.450 e. The Balaban J connectivity index is 2.36. The van der Waals surface area contributed by atoms with Crippen molar-refractivity contribution in [1.29, 1.82) is 0 Å². The van der Waals surface area contributed by atoms with Crippen molar-refractivity contribution >= 4 is 28.9 Å². The van der Waals surface area contributed by atoms with E-state index in [2.05, 4.69) is 0 Å². The Morgan fingerprint density at radius 2 is 1.88 bits per heavy atom. The van der Waals surface area contributed by atoms with E-state index in [9.17, 15) is 19.2 Å². The van der Waals surface area contributed by atoms with E-state index in [0.717, 1.165) is 14.7 Å². The number of Topliss-reactive ketones (excluding diaryl/α,β-unsaturated/α-hetero) is 1. The molecule has 0 amide bonds. The summed E-state index contributed by atoms with van der Waals surface area (Å²) in [7, 11) is 2.59. The summed E-state index contributed by atoms with van der Waals surface area (Å²) in [5.41, 5.74) is 4.63. The lowest BCUT2D eigenvalue weighted by Gasteiger charge is -2.15. The van der Waals surface area contributed by atoms with Crippen LogP contribution in [0, 0.1) is 6.92 Å². The predicted octanol–water partition coefficient (Wildman–Crippen LogP) is 0.464. The van der Waals surface area contributed by atoms with Crippen LogP contribution in [0.25, 0.3) is 0 Å². The van der Waals surface area contributed by atoms with Crippen LogP contribution in [0.5, 0.6) is 0 Å². The van der Waals surface area contributed by atoms with E-state index in [1.807, 2.05) is 0 Å². The number of hydrogen-bond donors (Lipinski definition) is 1. The molecule has 0 aliphatic rings. The van der Waals surface area contributed by atoms with Crippen LogP contribution in [0.4, 0.5) is 5.82 Å². The summed E-state index contributed by atoms with van der Waals surface area (Å²) in [5.74, 6) is -1.67. The quantitative estimate of drug-likeness (QED) is 0.632. The number of hydrogen-bond acceptors (Lipinski definition) is 7. The fraction of sp³-hybridized carbons (Fsp3) is 0.333. The van der Waals surface area contributed by atoms with Gasteiger partial charge in [-0.3, -0.25) is 18.7 Å². The number of esters is 1. The number of carbonyl (C=O) groups is 2. The molecule has 2 aromatic heterocycles. The first-order valence-electron chi connectivity index (χ1n) is 7.01. The van der Waals surface area contributed by atoms with Crippen molar-refractivity contribution in [2.75, 3.05) is 5.73 Å². The molecule has 24 heavy (non-hydrogen) atoms. The molecule has 0 spiro atoms. The van der Waals surface area contributed by atoms with E-state index in [4.69, 9.17) is 10.5 Å². The molecule has 128 valence electrons. The number of nitrogens with two attached hydrogens (primary N) is 1. The summed E-state index contributed by atoms with van der Waals surface area (Å²) < 4.78 is 6.91. The molecule has 1 atom stereocenters. The van der Waals surface area contributed by atoms with Gasteiger partial charge in [0.25, 0.3) is 5.56 Å². The second-order valence-corrected chi connectivity index (χ2v) is 6.23. The minimum Gasteiger partial charge on any atom is -0.450 e. The van der Waals surface area contributed by atoms with Crippen molar-refractivity contribution in [1.82, 2.24) is 9.13 Å². The Morgan fingerprint density at radius 1 is 1.25 bits per heavy atom. The zero-order chi connectivity index (χ0) is 18.2. The molecule has 2 rings (SSSR count). The Bertz CT molecular complexity index is 938. The molecule has 0 saturated heterocycles. The van der Waals surface area contributed by atoms with Crippen LogP contribution in [0.1, 0.15) is 32.5 Å². The molecule has 0 fully saturated rings. The van der Waals surface area contributed by atoms with Gasteiger partial charge in [-0.15, -0.1) is 11.3 Å². The maximum absolute atomic E-state index is 12.5. The summed E-state index contributed by atoms with van der Waals surface area (Å²) in [5, 5.41) is 1.74. The molecule has 1 unspecified atom stereocenters. The smallest absolute Gasteiger partial charge is 0.349 e. The summed E-state index contributed by atoms with van der Waals surface area (Å²) in [4.78, 5) is 49.0. The van der Waals surface area contributed by atoms with Gasteiger partial charge in [-0.25, -0.2) is 9.59 Å². The molecule has 2 N–H and O–H groups in total. The van der Waals surface area contributed by atoms with Gasteiger partial charge >= 0.3 is 11.7 Å². The zero-order valence-corrected chi connectivity index (χ0v) is 14.5.